The van der Waals surface area contributed by atoms with Crippen LogP contribution in [-0.4, -0.2) is 24.5 Å². The molecule has 2 heteroatoms. The summed E-state index contributed by atoms with van der Waals surface area (Å²) < 4.78 is 0. The molecule has 1 aliphatic rings. The molecule has 2 unspecified atom stereocenters. The molecule has 0 radical (unpaired) electrons. The average Bonchev–Trinajstić information content (AvgIpc) is 2.54. The third-order valence-corrected chi connectivity index (χ3v) is 3.83. The highest BCUT2D eigenvalue weighted by atomic mass is 15.1. The Hall–Kier alpha value is -0.550. The predicted molar refractivity (Wildman–Crippen MR) is 68.1 cm³/mol. The molecule has 0 amide bonds. The summed E-state index contributed by atoms with van der Waals surface area (Å²) in [6.07, 6.45) is 10.1. The number of unbranched alkanes of at least 4 members (excludes halogenated alkanes) is 2. The molecule has 1 fully saturated rings. The molecular formula is C14H26N2. The lowest BCUT2D eigenvalue weighted by Gasteiger charge is -2.30. The first kappa shape index (κ1) is 13.5. The van der Waals surface area contributed by atoms with Crippen LogP contribution >= 0.6 is 0 Å². The summed E-state index contributed by atoms with van der Waals surface area (Å²) in [6, 6.07) is 3.04. The first-order valence-corrected chi connectivity index (χ1v) is 6.89. The van der Waals surface area contributed by atoms with Gasteiger partial charge in [-0.25, -0.2) is 0 Å². The molecule has 1 rings (SSSR count). The molecule has 0 heterocycles. The molecule has 0 aromatic carbocycles. The lowest BCUT2D eigenvalue weighted by atomic mass is 9.95. The fourth-order valence-corrected chi connectivity index (χ4v) is 2.74. The SMILES string of the molecule is CCCCCN(C)C1CCCCCC1C#N. The number of hydrogen-bond acceptors (Lipinski definition) is 2. The third kappa shape index (κ3) is 4.14. The molecule has 0 spiro atoms. The van der Waals surface area contributed by atoms with E-state index in [0.717, 1.165) is 13.0 Å². The minimum Gasteiger partial charge on any atom is -0.302 e. The van der Waals surface area contributed by atoms with Gasteiger partial charge in [-0.15, -0.1) is 0 Å². The number of nitriles is 1. The Labute approximate surface area is 101 Å². The van der Waals surface area contributed by atoms with Crippen LogP contribution in [0.4, 0.5) is 0 Å². The van der Waals surface area contributed by atoms with E-state index in [-0.39, 0.29) is 5.92 Å². The van der Waals surface area contributed by atoms with Gasteiger partial charge in [0.2, 0.25) is 0 Å². The van der Waals surface area contributed by atoms with Crippen LogP contribution in [-0.2, 0) is 0 Å². The van der Waals surface area contributed by atoms with Crippen LogP contribution in [0.3, 0.4) is 0 Å². The topological polar surface area (TPSA) is 27.0 Å². The molecular weight excluding hydrogens is 196 g/mol. The van der Waals surface area contributed by atoms with Gasteiger partial charge in [-0.3, -0.25) is 0 Å². The van der Waals surface area contributed by atoms with Gasteiger partial charge in [-0.2, -0.15) is 5.26 Å². The Morgan fingerprint density at radius 3 is 2.62 bits per heavy atom. The summed E-state index contributed by atoms with van der Waals surface area (Å²) >= 11 is 0. The lowest BCUT2D eigenvalue weighted by Crippen LogP contribution is -2.37. The fourth-order valence-electron chi connectivity index (χ4n) is 2.74. The standard InChI is InChI=1S/C14H26N2/c1-3-4-8-11-16(2)14-10-7-5-6-9-13(14)12-15/h13-14H,3-11H2,1-2H3. The zero-order valence-corrected chi connectivity index (χ0v) is 10.9. The van der Waals surface area contributed by atoms with Crippen molar-refractivity contribution < 1.29 is 0 Å². The van der Waals surface area contributed by atoms with E-state index in [4.69, 9.17) is 0 Å². The van der Waals surface area contributed by atoms with Crippen molar-refractivity contribution in [3.8, 4) is 6.07 Å². The van der Waals surface area contributed by atoms with E-state index in [0.29, 0.717) is 6.04 Å². The summed E-state index contributed by atoms with van der Waals surface area (Å²) in [4.78, 5) is 2.44. The van der Waals surface area contributed by atoms with E-state index in [1.165, 1.54) is 44.9 Å². The molecule has 92 valence electrons. The van der Waals surface area contributed by atoms with Gasteiger partial charge >= 0.3 is 0 Å². The monoisotopic (exact) mass is 222 g/mol. The Morgan fingerprint density at radius 1 is 1.19 bits per heavy atom. The van der Waals surface area contributed by atoms with Crippen LogP contribution in [0.1, 0.15) is 58.3 Å². The van der Waals surface area contributed by atoms with Crippen LogP contribution in [0, 0.1) is 17.2 Å². The average molecular weight is 222 g/mol. The van der Waals surface area contributed by atoms with E-state index in [2.05, 4.69) is 24.9 Å². The lowest BCUT2D eigenvalue weighted by molar-refractivity contribution is 0.187. The highest BCUT2D eigenvalue weighted by Gasteiger charge is 2.26. The van der Waals surface area contributed by atoms with Gasteiger partial charge in [0.1, 0.15) is 0 Å². The quantitative estimate of drug-likeness (QED) is 0.525. The molecule has 2 atom stereocenters. The van der Waals surface area contributed by atoms with Gasteiger partial charge in [0.25, 0.3) is 0 Å². The largest absolute Gasteiger partial charge is 0.302 e. The zero-order valence-electron chi connectivity index (χ0n) is 10.9. The van der Waals surface area contributed by atoms with Crippen LogP contribution in [0.5, 0.6) is 0 Å². The molecule has 0 aromatic rings. The molecule has 0 saturated heterocycles. The molecule has 0 bridgehead atoms. The van der Waals surface area contributed by atoms with E-state index in [1.54, 1.807) is 0 Å². The third-order valence-electron chi connectivity index (χ3n) is 3.83. The van der Waals surface area contributed by atoms with Gasteiger partial charge in [0, 0.05) is 6.04 Å². The first-order valence-electron chi connectivity index (χ1n) is 6.89. The van der Waals surface area contributed by atoms with Gasteiger partial charge in [0.15, 0.2) is 0 Å². The van der Waals surface area contributed by atoms with Gasteiger partial charge in [-0.05, 0) is 32.9 Å². The molecule has 1 saturated carbocycles. The van der Waals surface area contributed by atoms with E-state index in [1.807, 2.05) is 0 Å². The molecule has 0 aliphatic heterocycles. The maximum Gasteiger partial charge on any atom is 0.0672 e. The van der Waals surface area contributed by atoms with Crippen molar-refractivity contribution in [3.63, 3.8) is 0 Å². The van der Waals surface area contributed by atoms with Crippen molar-refractivity contribution in [2.75, 3.05) is 13.6 Å². The Kier molecular flexibility index (Phi) is 6.49. The van der Waals surface area contributed by atoms with Crippen LogP contribution in [0.2, 0.25) is 0 Å². The maximum atomic E-state index is 9.23. The van der Waals surface area contributed by atoms with Crippen LogP contribution in [0.25, 0.3) is 0 Å². The van der Waals surface area contributed by atoms with Crippen molar-refractivity contribution in [1.82, 2.24) is 4.90 Å². The first-order chi connectivity index (χ1) is 7.79. The number of rotatable bonds is 5. The highest BCUT2D eigenvalue weighted by Crippen LogP contribution is 2.26. The predicted octanol–water partition coefficient (Wildman–Crippen LogP) is 3.58. The van der Waals surface area contributed by atoms with Gasteiger partial charge in [0.05, 0.1) is 12.0 Å². The minimum absolute atomic E-state index is 0.272. The Morgan fingerprint density at radius 2 is 1.94 bits per heavy atom. The molecule has 1 aliphatic carbocycles. The number of nitrogens with zero attached hydrogens (tertiary/aromatic N) is 2. The van der Waals surface area contributed by atoms with E-state index < -0.39 is 0 Å². The molecule has 0 aromatic heterocycles. The van der Waals surface area contributed by atoms with Crippen LogP contribution < -0.4 is 0 Å². The van der Waals surface area contributed by atoms with Crippen molar-refractivity contribution >= 4 is 0 Å². The van der Waals surface area contributed by atoms with Gasteiger partial charge in [-0.1, -0.05) is 39.0 Å². The molecule has 16 heavy (non-hydrogen) atoms. The van der Waals surface area contributed by atoms with Crippen molar-refractivity contribution in [2.24, 2.45) is 5.92 Å². The summed E-state index contributed by atoms with van der Waals surface area (Å²) in [5.74, 6) is 0.272. The van der Waals surface area contributed by atoms with Crippen LogP contribution in [0.15, 0.2) is 0 Å². The minimum atomic E-state index is 0.272. The van der Waals surface area contributed by atoms with Crippen molar-refractivity contribution in [1.29, 1.82) is 5.26 Å². The Balaban J connectivity index is 2.43. The second kappa shape index (κ2) is 7.68. The fraction of sp³-hybridized carbons (Fsp3) is 0.929. The maximum absolute atomic E-state index is 9.23. The second-order valence-corrected chi connectivity index (χ2v) is 5.13. The van der Waals surface area contributed by atoms with E-state index in [9.17, 15) is 5.26 Å². The zero-order chi connectivity index (χ0) is 11.8. The summed E-state index contributed by atoms with van der Waals surface area (Å²) in [7, 11) is 2.20. The molecule has 0 N–H and O–H groups in total. The molecule has 2 nitrogen and oxygen atoms in total. The van der Waals surface area contributed by atoms with Crippen molar-refractivity contribution in [2.45, 2.75) is 64.3 Å². The summed E-state index contributed by atoms with van der Waals surface area (Å²) in [6.45, 7) is 3.40. The number of hydrogen-bond donors (Lipinski definition) is 0. The summed E-state index contributed by atoms with van der Waals surface area (Å²) in [5, 5.41) is 9.23. The highest BCUT2D eigenvalue weighted by molar-refractivity contribution is 4.93. The smallest absolute Gasteiger partial charge is 0.0672 e. The normalized spacial score (nSPS) is 26.4. The Bertz CT molecular complexity index is 219. The van der Waals surface area contributed by atoms with E-state index >= 15 is 0 Å². The van der Waals surface area contributed by atoms with Crippen molar-refractivity contribution in [3.05, 3.63) is 0 Å². The summed E-state index contributed by atoms with van der Waals surface area (Å²) in [5.41, 5.74) is 0. The second-order valence-electron chi connectivity index (χ2n) is 5.13. The van der Waals surface area contributed by atoms with Gasteiger partial charge < -0.3 is 4.90 Å².